The molecule has 1 heterocycles. The first kappa shape index (κ1) is 10.9. The molecule has 5 heteroatoms. The Balaban J connectivity index is 2.18. The summed E-state index contributed by atoms with van der Waals surface area (Å²) in [6.07, 6.45) is 7.16. The normalized spacial score (nSPS) is 23.9. The van der Waals surface area contributed by atoms with Crippen molar-refractivity contribution in [3.05, 3.63) is 23.1 Å². The second-order valence-corrected chi connectivity index (χ2v) is 5.54. The molecule has 0 aromatic carbocycles. The molecule has 0 atom stereocenters. The van der Waals surface area contributed by atoms with Crippen molar-refractivity contribution < 1.29 is 13.2 Å². The molecule has 0 unspecified atom stereocenters. The second-order valence-electron chi connectivity index (χ2n) is 3.60. The zero-order valence-electron chi connectivity index (χ0n) is 8.55. The van der Waals surface area contributed by atoms with Gasteiger partial charge in [0.1, 0.15) is 0 Å². The summed E-state index contributed by atoms with van der Waals surface area (Å²) in [5.74, 6) is 0. The van der Waals surface area contributed by atoms with Gasteiger partial charge in [-0.2, -0.15) is 4.31 Å². The van der Waals surface area contributed by atoms with E-state index in [4.69, 9.17) is 4.74 Å². The summed E-state index contributed by atoms with van der Waals surface area (Å²) < 4.78 is 30.8. The van der Waals surface area contributed by atoms with Crippen LogP contribution in [0.25, 0.3) is 0 Å². The third-order valence-electron chi connectivity index (χ3n) is 2.57. The number of rotatable bonds is 2. The molecule has 0 saturated carbocycles. The molecular weight excluding hydrogens is 214 g/mol. The molecule has 4 nitrogen and oxygen atoms in total. The van der Waals surface area contributed by atoms with Crippen molar-refractivity contribution in [3.63, 3.8) is 0 Å². The SMILES string of the molecule is O=S(=O)(C1=CCCC=C1)N1CCOCC1. The van der Waals surface area contributed by atoms with Crippen molar-refractivity contribution in [3.8, 4) is 0 Å². The van der Waals surface area contributed by atoms with Gasteiger partial charge in [-0.05, 0) is 18.9 Å². The third-order valence-corrected chi connectivity index (χ3v) is 4.51. The van der Waals surface area contributed by atoms with E-state index in [1.54, 1.807) is 12.2 Å². The highest BCUT2D eigenvalue weighted by Crippen LogP contribution is 2.20. The second kappa shape index (κ2) is 4.47. The lowest BCUT2D eigenvalue weighted by atomic mass is 10.2. The molecule has 0 amide bonds. The van der Waals surface area contributed by atoms with Gasteiger partial charge in [-0.1, -0.05) is 12.2 Å². The fourth-order valence-electron chi connectivity index (χ4n) is 1.72. The maximum atomic E-state index is 12.1. The quantitative estimate of drug-likeness (QED) is 0.706. The smallest absolute Gasteiger partial charge is 0.242 e. The molecule has 0 aromatic heterocycles. The Kier molecular flexibility index (Phi) is 3.23. The Labute approximate surface area is 90.3 Å². The van der Waals surface area contributed by atoms with Crippen molar-refractivity contribution in [1.29, 1.82) is 0 Å². The number of morpholine rings is 1. The standard InChI is InChI=1S/C10H15NO3S/c12-15(13,10-4-2-1-3-5-10)11-6-8-14-9-7-11/h2,4-5H,1,3,6-9H2. The van der Waals surface area contributed by atoms with Crippen LogP contribution in [0.3, 0.4) is 0 Å². The Morgan fingerprint density at radius 3 is 2.53 bits per heavy atom. The fraction of sp³-hybridized carbons (Fsp3) is 0.600. The van der Waals surface area contributed by atoms with E-state index in [-0.39, 0.29) is 0 Å². The third kappa shape index (κ3) is 2.30. The highest BCUT2D eigenvalue weighted by Gasteiger charge is 2.27. The Morgan fingerprint density at radius 2 is 1.93 bits per heavy atom. The Morgan fingerprint density at radius 1 is 1.20 bits per heavy atom. The number of sulfonamides is 1. The van der Waals surface area contributed by atoms with Gasteiger partial charge in [0.15, 0.2) is 0 Å². The van der Waals surface area contributed by atoms with Gasteiger partial charge in [0.05, 0.1) is 18.1 Å². The highest BCUT2D eigenvalue weighted by atomic mass is 32.2. The van der Waals surface area contributed by atoms with Gasteiger partial charge in [-0.15, -0.1) is 0 Å². The first-order valence-electron chi connectivity index (χ1n) is 5.16. The van der Waals surface area contributed by atoms with Crippen LogP contribution in [0.15, 0.2) is 23.1 Å². The lowest BCUT2D eigenvalue weighted by molar-refractivity contribution is 0.0734. The average molecular weight is 229 g/mol. The molecule has 1 saturated heterocycles. The fourth-order valence-corrected chi connectivity index (χ4v) is 3.24. The summed E-state index contributed by atoms with van der Waals surface area (Å²) in [5.41, 5.74) is 0. The van der Waals surface area contributed by atoms with Crippen molar-refractivity contribution >= 4 is 10.0 Å². The van der Waals surface area contributed by atoms with E-state index in [1.807, 2.05) is 6.08 Å². The minimum atomic E-state index is -3.26. The minimum absolute atomic E-state index is 0.440. The van der Waals surface area contributed by atoms with Crippen LogP contribution in [0.1, 0.15) is 12.8 Å². The lowest BCUT2D eigenvalue weighted by Crippen LogP contribution is -2.41. The highest BCUT2D eigenvalue weighted by molar-refractivity contribution is 7.93. The van der Waals surface area contributed by atoms with Crippen molar-refractivity contribution in [2.45, 2.75) is 12.8 Å². The van der Waals surface area contributed by atoms with Crippen molar-refractivity contribution in [1.82, 2.24) is 4.31 Å². The zero-order chi connectivity index (χ0) is 10.7. The molecule has 0 aromatic rings. The van der Waals surface area contributed by atoms with Gasteiger partial charge in [0, 0.05) is 13.1 Å². The van der Waals surface area contributed by atoms with E-state index < -0.39 is 10.0 Å². The van der Waals surface area contributed by atoms with Crippen molar-refractivity contribution in [2.75, 3.05) is 26.3 Å². The predicted octanol–water partition coefficient (Wildman–Crippen LogP) is 0.882. The molecule has 0 bridgehead atoms. The van der Waals surface area contributed by atoms with Crippen LogP contribution in [0.2, 0.25) is 0 Å². The van der Waals surface area contributed by atoms with Crippen LogP contribution >= 0.6 is 0 Å². The number of hydrogen-bond donors (Lipinski definition) is 0. The van der Waals surface area contributed by atoms with Crippen LogP contribution in [-0.2, 0) is 14.8 Å². The van der Waals surface area contributed by atoms with Gasteiger partial charge in [0.2, 0.25) is 10.0 Å². The van der Waals surface area contributed by atoms with Gasteiger partial charge >= 0.3 is 0 Å². The molecule has 1 fully saturated rings. The summed E-state index contributed by atoms with van der Waals surface area (Å²) in [4.78, 5) is 0.440. The molecule has 0 N–H and O–H groups in total. The van der Waals surface area contributed by atoms with Crippen LogP contribution in [0.4, 0.5) is 0 Å². The molecule has 2 aliphatic rings. The predicted molar refractivity (Wildman–Crippen MR) is 57.8 cm³/mol. The van der Waals surface area contributed by atoms with Gasteiger partial charge in [-0.25, -0.2) is 8.42 Å². The summed E-state index contributed by atoms with van der Waals surface area (Å²) >= 11 is 0. The molecule has 1 aliphatic heterocycles. The number of ether oxygens (including phenoxy) is 1. The van der Waals surface area contributed by atoms with E-state index in [9.17, 15) is 8.42 Å². The molecule has 15 heavy (non-hydrogen) atoms. The zero-order valence-corrected chi connectivity index (χ0v) is 9.37. The first-order chi connectivity index (χ1) is 7.21. The van der Waals surface area contributed by atoms with E-state index >= 15 is 0 Å². The van der Waals surface area contributed by atoms with Crippen molar-refractivity contribution in [2.24, 2.45) is 0 Å². The molecule has 1 aliphatic carbocycles. The number of hydrogen-bond acceptors (Lipinski definition) is 3. The van der Waals surface area contributed by atoms with Crippen LogP contribution in [0, 0.1) is 0 Å². The van der Waals surface area contributed by atoms with Crippen LogP contribution in [-0.4, -0.2) is 39.0 Å². The first-order valence-corrected chi connectivity index (χ1v) is 6.60. The summed E-state index contributed by atoms with van der Waals surface area (Å²) in [5, 5.41) is 0. The van der Waals surface area contributed by atoms with Gasteiger partial charge < -0.3 is 4.74 Å². The minimum Gasteiger partial charge on any atom is -0.379 e. The number of nitrogens with zero attached hydrogens (tertiary/aromatic N) is 1. The maximum Gasteiger partial charge on any atom is 0.242 e. The molecule has 84 valence electrons. The monoisotopic (exact) mass is 229 g/mol. The Bertz CT molecular complexity index is 377. The van der Waals surface area contributed by atoms with E-state index in [1.165, 1.54) is 4.31 Å². The average Bonchev–Trinajstić information content (AvgIpc) is 2.31. The maximum absolute atomic E-state index is 12.1. The van der Waals surface area contributed by atoms with Crippen LogP contribution in [0.5, 0.6) is 0 Å². The number of allylic oxidation sites excluding steroid dienone is 3. The molecule has 0 spiro atoms. The van der Waals surface area contributed by atoms with Gasteiger partial charge in [-0.3, -0.25) is 0 Å². The molecule has 0 radical (unpaired) electrons. The van der Waals surface area contributed by atoms with E-state index in [2.05, 4.69) is 0 Å². The topological polar surface area (TPSA) is 46.6 Å². The summed E-state index contributed by atoms with van der Waals surface area (Å²) in [7, 11) is -3.26. The van der Waals surface area contributed by atoms with E-state index in [0.717, 1.165) is 12.8 Å². The summed E-state index contributed by atoms with van der Waals surface area (Å²) in [6.45, 7) is 1.92. The largest absolute Gasteiger partial charge is 0.379 e. The molecular formula is C10H15NO3S. The lowest BCUT2D eigenvalue weighted by Gasteiger charge is -2.26. The summed E-state index contributed by atoms with van der Waals surface area (Å²) in [6, 6.07) is 0. The molecule has 2 rings (SSSR count). The van der Waals surface area contributed by atoms with Crippen LogP contribution < -0.4 is 0 Å². The van der Waals surface area contributed by atoms with Gasteiger partial charge in [0.25, 0.3) is 0 Å². The Hall–Kier alpha value is -0.650. The van der Waals surface area contributed by atoms with E-state index in [0.29, 0.717) is 31.2 Å².